The van der Waals surface area contributed by atoms with Gasteiger partial charge in [-0.2, -0.15) is 6.92 Å². The van der Waals surface area contributed by atoms with Gasteiger partial charge in [0.15, 0.2) is 5.97 Å². The molecule has 0 aliphatic heterocycles. The second kappa shape index (κ2) is 11.3. The number of rotatable bonds is 2. The van der Waals surface area contributed by atoms with Crippen molar-refractivity contribution in [2.45, 2.75) is 13.8 Å². The maximum absolute atomic E-state index is 10.1. The molecule has 0 unspecified atom stereocenters. The molecule has 2 nitrogen and oxygen atoms in total. The van der Waals surface area contributed by atoms with Gasteiger partial charge in [0, 0.05) is 19.5 Å². The van der Waals surface area contributed by atoms with Crippen LogP contribution < -0.4 is 0 Å². The molecule has 0 aromatic rings. The number of hydrogen-bond acceptors (Lipinski definition) is 2. The first-order valence-corrected chi connectivity index (χ1v) is 2.27. The molecule has 0 saturated carbocycles. The summed E-state index contributed by atoms with van der Waals surface area (Å²) < 4.78 is 4.50. The summed E-state index contributed by atoms with van der Waals surface area (Å²) in [5.41, 5.74) is 0. The van der Waals surface area contributed by atoms with Crippen LogP contribution in [0.4, 0.5) is 0 Å². The Morgan fingerprint density at radius 1 is 1.67 bits per heavy atom. The van der Waals surface area contributed by atoms with Gasteiger partial charge in [-0.1, -0.05) is 0 Å². The predicted octanol–water partition coefficient (Wildman–Crippen LogP) is 1.35. The van der Waals surface area contributed by atoms with Crippen molar-refractivity contribution in [2.75, 3.05) is 6.61 Å². The van der Waals surface area contributed by atoms with Gasteiger partial charge >= 0.3 is 0 Å². The van der Waals surface area contributed by atoms with E-state index in [1.807, 2.05) is 0 Å². The first-order chi connectivity index (χ1) is 3.31. The molecule has 0 rings (SSSR count). The van der Waals surface area contributed by atoms with Gasteiger partial charge in [-0.05, 0) is 6.92 Å². The van der Waals surface area contributed by atoms with Crippen molar-refractivity contribution in [3.05, 3.63) is 6.42 Å². The van der Waals surface area contributed by atoms with E-state index in [2.05, 4.69) is 4.74 Å². The molecule has 0 bridgehead atoms. The number of halogens is 1. The number of ether oxygens (including phenoxy) is 1. The Balaban J connectivity index is -0.000000180. The first-order valence-electron chi connectivity index (χ1n) is 2.27. The normalized spacial score (nSPS) is 6.00. The van der Waals surface area contributed by atoms with Crippen LogP contribution in [0.2, 0.25) is 0 Å². The third-order valence-corrected chi connectivity index (χ3v) is 0.522. The molecule has 9 heavy (non-hydrogen) atoms. The summed E-state index contributed by atoms with van der Waals surface area (Å²) in [6.07, 6.45) is 1.39. The Labute approximate surface area is 78.9 Å². The molecule has 0 aliphatic rings. The summed E-state index contributed by atoms with van der Waals surface area (Å²) in [7, 11) is 0. The van der Waals surface area contributed by atoms with E-state index >= 15 is 0 Å². The van der Waals surface area contributed by atoms with Crippen LogP contribution in [0.3, 0.4) is 0 Å². The van der Waals surface area contributed by atoms with Crippen molar-refractivity contribution < 1.29 is 29.0 Å². The molecule has 0 heterocycles. The van der Waals surface area contributed by atoms with Crippen LogP contribution in [-0.4, -0.2) is 12.6 Å². The third-order valence-electron chi connectivity index (χ3n) is 0.522. The van der Waals surface area contributed by atoms with E-state index in [0.29, 0.717) is 6.61 Å². The van der Waals surface area contributed by atoms with E-state index in [1.54, 1.807) is 13.8 Å². The molecule has 0 fully saturated rings. The van der Waals surface area contributed by atoms with Crippen LogP contribution in [0.15, 0.2) is 0 Å². The fraction of sp³-hybridized carbons (Fsp3) is 0.600. The molecule has 0 atom stereocenters. The zero-order chi connectivity index (χ0) is 5.70. The SMILES string of the molecule is Br.C[CH-]C(=O)OCC.[Zn]. The predicted molar refractivity (Wildman–Crippen MR) is 36.9 cm³/mol. The molecule has 0 N–H and O–H groups in total. The van der Waals surface area contributed by atoms with Crippen molar-refractivity contribution in [1.29, 1.82) is 0 Å². The van der Waals surface area contributed by atoms with Crippen molar-refractivity contribution in [3.8, 4) is 0 Å². The molecule has 0 radical (unpaired) electrons. The molecular weight excluding hydrogens is 237 g/mol. The molecule has 0 spiro atoms. The van der Waals surface area contributed by atoms with Crippen molar-refractivity contribution >= 4 is 23.0 Å². The van der Waals surface area contributed by atoms with E-state index in [9.17, 15) is 4.79 Å². The van der Waals surface area contributed by atoms with Gasteiger partial charge in [0.1, 0.15) is 0 Å². The minimum Gasteiger partial charge on any atom is -0.488 e. The molecule has 0 aliphatic carbocycles. The third kappa shape index (κ3) is 11.8. The fourth-order valence-electron chi connectivity index (χ4n) is 0.226. The van der Waals surface area contributed by atoms with Crippen LogP contribution in [0.5, 0.6) is 0 Å². The van der Waals surface area contributed by atoms with Gasteiger partial charge in [-0.15, -0.1) is 17.0 Å². The molecule has 0 aromatic carbocycles. The van der Waals surface area contributed by atoms with E-state index in [4.69, 9.17) is 0 Å². The van der Waals surface area contributed by atoms with E-state index < -0.39 is 0 Å². The standard InChI is InChI=1S/C5H9O2.BrH.Zn/c1-3-5(6)7-4-2;;/h3H,4H2,1-2H3;1H;/q-1;;. The maximum atomic E-state index is 10.1. The van der Waals surface area contributed by atoms with E-state index in [-0.39, 0.29) is 42.4 Å². The number of carbonyl (C=O) groups is 1. The van der Waals surface area contributed by atoms with Gasteiger partial charge in [-0.3, -0.25) is 11.2 Å². The van der Waals surface area contributed by atoms with Crippen LogP contribution in [0.25, 0.3) is 0 Å². The monoisotopic (exact) mass is 245 g/mol. The summed E-state index contributed by atoms with van der Waals surface area (Å²) >= 11 is 0. The Morgan fingerprint density at radius 3 is 2.22 bits per heavy atom. The summed E-state index contributed by atoms with van der Waals surface area (Å²) in [5, 5.41) is 0. The molecule has 0 aromatic heterocycles. The summed E-state index contributed by atoms with van der Waals surface area (Å²) in [6.45, 7) is 3.89. The summed E-state index contributed by atoms with van der Waals surface area (Å²) in [6, 6.07) is 0. The molecule has 4 heteroatoms. The molecule has 0 amide bonds. The number of hydrogen-bond donors (Lipinski definition) is 0. The van der Waals surface area contributed by atoms with Crippen LogP contribution in [0, 0.1) is 6.42 Å². The first kappa shape index (κ1) is 16.2. The van der Waals surface area contributed by atoms with E-state index in [1.165, 1.54) is 6.42 Å². The largest absolute Gasteiger partial charge is 0.488 e. The van der Waals surface area contributed by atoms with Crippen LogP contribution in [-0.2, 0) is 29.0 Å². The zero-order valence-electron chi connectivity index (χ0n) is 5.72. The van der Waals surface area contributed by atoms with Gasteiger partial charge in [0.25, 0.3) is 0 Å². The average Bonchev–Trinajstić information content (AvgIpc) is 1.68. The van der Waals surface area contributed by atoms with Gasteiger partial charge in [-0.25, -0.2) is 0 Å². The Kier molecular flexibility index (Phi) is 20.3. The summed E-state index contributed by atoms with van der Waals surface area (Å²) in [4.78, 5) is 10.1. The molecular formula is C5H10BrO2Zn-. The van der Waals surface area contributed by atoms with E-state index in [0.717, 1.165) is 0 Å². The quantitative estimate of drug-likeness (QED) is 0.418. The summed E-state index contributed by atoms with van der Waals surface area (Å²) in [5.74, 6) is -0.248. The smallest absolute Gasteiger partial charge is 0.166 e. The maximum Gasteiger partial charge on any atom is 0.166 e. The Hall–Kier alpha value is 0.443. The van der Waals surface area contributed by atoms with Crippen LogP contribution >= 0.6 is 17.0 Å². The number of esters is 1. The van der Waals surface area contributed by atoms with Gasteiger partial charge < -0.3 is 4.74 Å². The minimum absolute atomic E-state index is 0. The second-order valence-corrected chi connectivity index (χ2v) is 1.04. The topological polar surface area (TPSA) is 26.3 Å². The van der Waals surface area contributed by atoms with Crippen molar-refractivity contribution in [3.63, 3.8) is 0 Å². The average molecular weight is 247 g/mol. The van der Waals surface area contributed by atoms with Crippen molar-refractivity contribution in [2.24, 2.45) is 0 Å². The molecule has 0 saturated heterocycles. The fourth-order valence-corrected chi connectivity index (χ4v) is 0.226. The van der Waals surface area contributed by atoms with Gasteiger partial charge in [0.05, 0.1) is 6.61 Å². The van der Waals surface area contributed by atoms with Crippen LogP contribution in [0.1, 0.15) is 13.8 Å². The number of carbonyl (C=O) groups excluding carboxylic acids is 1. The van der Waals surface area contributed by atoms with Gasteiger partial charge in [0.2, 0.25) is 0 Å². The Bertz CT molecular complexity index is 68.0. The van der Waals surface area contributed by atoms with Crippen molar-refractivity contribution in [1.82, 2.24) is 0 Å². The molecule has 52 valence electrons. The minimum atomic E-state index is -0.248. The second-order valence-electron chi connectivity index (χ2n) is 1.04. The zero-order valence-corrected chi connectivity index (χ0v) is 10.4. The Morgan fingerprint density at radius 2 is 2.11 bits per heavy atom.